The van der Waals surface area contributed by atoms with Crippen molar-refractivity contribution in [1.29, 1.82) is 0 Å². The van der Waals surface area contributed by atoms with Gasteiger partial charge in [0, 0.05) is 5.56 Å². The molecular weight excluding hydrogens is 405 g/mol. The molecule has 0 unspecified atom stereocenters. The molecule has 0 fully saturated rings. The minimum Gasteiger partial charge on any atom is -0.465 e. The molecule has 29 heavy (non-hydrogen) atoms. The summed E-state index contributed by atoms with van der Waals surface area (Å²) >= 11 is 6.06. The third-order valence-corrected chi connectivity index (χ3v) is 4.46. The lowest BCUT2D eigenvalue weighted by molar-refractivity contribution is -0.143. The van der Waals surface area contributed by atoms with Gasteiger partial charge in [-0.2, -0.15) is 0 Å². The second-order valence-corrected chi connectivity index (χ2v) is 6.43. The van der Waals surface area contributed by atoms with Crippen molar-refractivity contribution >= 4 is 41.0 Å². The number of hydrogen-bond acceptors (Lipinski definition) is 6. The molecule has 3 rings (SSSR count). The van der Waals surface area contributed by atoms with Crippen LogP contribution in [0.4, 0.5) is 10.1 Å². The van der Waals surface area contributed by atoms with Crippen molar-refractivity contribution in [3.8, 4) is 0 Å². The first kappa shape index (κ1) is 20.4. The van der Waals surface area contributed by atoms with E-state index in [4.69, 9.17) is 16.3 Å². The molecule has 0 saturated heterocycles. The minimum absolute atomic E-state index is 0.0107. The first-order valence-electron chi connectivity index (χ1n) is 8.53. The fourth-order valence-corrected chi connectivity index (χ4v) is 3.16. The number of anilines is 1. The first-order chi connectivity index (χ1) is 13.7. The van der Waals surface area contributed by atoms with Gasteiger partial charge in [0.1, 0.15) is 17.5 Å². The lowest BCUT2D eigenvalue weighted by atomic mass is 10.1. The van der Waals surface area contributed by atoms with Gasteiger partial charge in [0.05, 0.1) is 29.1 Å². The highest BCUT2D eigenvalue weighted by molar-refractivity contribution is 6.37. The summed E-state index contributed by atoms with van der Waals surface area (Å²) in [6.07, 6.45) is 0. The Morgan fingerprint density at radius 3 is 2.41 bits per heavy atom. The van der Waals surface area contributed by atoms with Crippen LogP contribution in [0.1, 0.15) is 43.7 Å². The van der Waals surface area contributed by atoms with E-state index in [1.807, 2.05) is 0 Å². The van der Waals surface area contributed by atoms with Gasteiger partial charge in [0.2, 0.25) is 0 Å². The van der Waals surface area contributed by atoms with E-state index in [1.54, 1.807) is 6.92 Å². The van der Waals surface area contributed by atoms with Gasteiger partial charge in [-0.1, -0.05) is 11.6 Å². The zero-order chi connectivity index (χ0) is 21.3. The summed E-state index contributed by atoms with van der Waals surface area (Å²) in [7, 11) is 0. The highest BCUT2D eigenvalue weighted by Crippen LogP contribution is 2.35. The van der Waals surface area contributed by atoms with E-state index < -0.39 is 36.1 Å². The van der Waals surface area contributed by atoms with E-state index in [2.05, 4.69) is 10.3 Å². The fraction of sp³-hybridized carbons (Fsp3) is 0.211. The Bertz CT molecular complexity index is 1040. The Morgan fingerprint density at radius 1 is 1.17 bits per heavy atom. The van der Waals surface area contributed by atoms with Crippen molar-refractivity contribution in [1.82, 2.24) is 9.88 Å². The fourth-order valence-electron chi connectivity index (χ4n) is 2.86. The average molecular weight is 420 g/mol. The first-order valence-corrected chi connectivity index (χ1v) is 8.91. The Labute approximate surface area is 169 Å². The molecule has 0 spiro atoms. The van der Waals surface area contributed by atoms with Crippen molar-refractivity contribution in [3.63, 3.8) is 0 Å². The number of amides is 3. The second kappa shape index (κ2) is 7.96. The van der Waals surface area contributed by atoms with Crippen LogP contribution in [0.15, 0.2) is 24.3 Å². The lowest BCUT2D eigenvalue weighted by Crippen LogP contribution is -2.35. The minimum atomic E-state index is -0.812. The van der Waals surface area contributed by atoms with Crippen LogP contribution < -0.4 is 5.32 Å². The van der Waals surface area contributed by atoms with Crippen LogP contribution in [0.2, 0.25) is 5.15 Å². The number of halogens is 2. The standard InChI is InChI=1S/C19H15ClFN3O5/c1-3-29-12(25)8-24-18(27)13-14(19(24)28)16(20)22-9(2)15(13)23-17(26)10-4-6-11(21)7-5-10/h4-7H,3,8H2,1-2H3,(H,23,26). The van der Waals surface area contributed by atoms with Crippen LogP contribution in [0, 0.1) is 12.7 Å². The molecule has 150 valence electrons. The number of ether oxygens (including phenoxy) is 1. The van der Waals surface area contributed by atoms with Crippen molar-refractivity contribution in [2.24, 2.45) is 0 Å². The van der Waals surface area contributed by atoms with Crippen molar-refractivity contribution in [2.45, 2.75) is 13.8 Å². The summed E-state index contributed by atoms with van der Waals surface area (Å²) in [5, 5.41) is 2.30. The number of carbonyl (C=O) groups is 4. The van der Waals surface area contributed by atoms with Crippen LogP contribution >= 0.6 is 11.6 Å². The molecule has 0 aliphatic carbocycles. The second-order valence-electron chi connectivity index (χ2n) is 6.08. The molecule has 2 heterocycles. The predicted molar refractivity (Wildman–Crippen MR) is 100 cm³/mol. The number of nitrogens with one attached hydrogen (secondary N) is 1. The lowest BCUT2D eigenvalue weighted by Gasteiger charge is -2.13. The molecule has 8 nitrogen and oxygen atoms in total. The summed E-state index contributed by atoms with van der Waals surface area (Å²) in [4.78, 5) is 54.5. The number of aromatic nitrogens is 1. The molecule has 2 aromatic rings. The predicted octanol–water partition coefficient (Wildman–Crippen LogP) is 2.59. The Hall–Kier alpha value is -3.33. The number of rotatable bonds is 5. The van der Waals surface area contributed by atoms with E-state index in [0.717, 1.165) is 12.1 Å². The van der Waals surface area contributed by atoms with Crippen LogP contribution in [-0.4, -0.2) is 46.7 Å². The smallest absolute Gasteiger partial charge is 0.326 e. The molecule has 0 saturated carbocycles. The van der Waals surface area contributed by atoms with Gasteiger partial charge < -0.3 is 10.1 Å². The highest BCUT2D eigenvalue weighted by Gasteiger charge is 2.42. The van der Waals surface area contributed by atoms with E-state index in [1.165, 1.54) is 19.1 Å². The largest absolute Gasteiger partial charge is 0.465 e. The maximum absolute atomic E-state index is 13.1. The number of fused-ring (bicyclic) bond motifs is 1. The molecule has 1 aromatic heterocycles. The van der Waals surface area contributed by atoms with E-state index in [0.29, 0.717) is 4.90 Å². The summed E-state index contributed by atoms with van der Waals surface area (Å²) in [6.45, 7) is 2.58. The molecule has 1 aliphatic rings. The topological polar surface area (TPSA) is 106 Å². The third kappa shape index (κ3) is 3.81. The molecule has 0 radical (unpaired) electrons. The molecule has 1 aliphatic heterocycles. The molecular formula is C19H15ClFN3O5. The normalized spacial score (nSPS) is 12.8. The molecule has 1 aromatic carbocycles. The molecule has 0 bridgehead atoms. The number of aryl methyl sites for hydroxylation is 1. The van der Waals surface area contributed by atoms with Crippen LogP contribution in [0.3, 0.4) is 0 Å². The molecule has 10 heteroatoms. The van der Waals surface area contributed by atoms with E-state index >= 15 is 0 Å². The van der Waals surface area contributed by atoms with Gasteiger partial charge in [-0.05, 0) is 38.1 Å². The zero-order valence-corrected chi connectivity index (χ0v) is 16.2. The summed E-state index contributed by atoms with van der Waals surface area (Å²) in [5.41, 5.74) is -0.0466. The van der Waals surface area contributed by atoms with Crippen molar-refractivity contribution in [3.05, 3.63) is 57.6 Å². The molecule has 1 N–H and O–H groups in total. The zero-order valence-electron chi connectivity index (χ0n) is 15.4. The van der Waals surface area contributed by atoms with E-state index in [-0.39, 0.29) is 39.8 Å². The number of nitrogens with zero attached hydrogens (tertiary/aromatic N) is 2. The van der Waals surface area contributed by atoms with Crippen molar-refractivity contribution in [2.75, 3.05) is 18.5 Å². The van der Waals surface area contributed by atoms with Crippen LogP contribution in [0.5, 0.6) is 0 Å². The number of hydrogen-bond donors (Lipinski definition) is 1. The van der Waals surface area contributed by atoms with Gasteiger partial charge in [0.25, 0.3) is 17.7 Å². The van der Waals surface area contributed by atoms with Crippen LogP contribution in [0.25, 0.3) is 0 Å². The quantitative estimate of drug-likeness (QED) is 0.453. The van der Waals surface area contributed by atoms with Gasteiger partial charge in [-0.15, -0.1) is 0 Å². The summed E-state index contributed by atoms with van der Waals surface area (Å²) in [6, 6.07) is 4.76. The summed E-state index contributed by atoms with van der Waals surface area (Å²) in [5.74, 6) is -3.53. The highest BCUT2D eigenvalue weighted by atomic mass is 35.5. The number of esters is 1. The Morgan fingerprint density at radius 2 is 1.79 bits per heavy atom. The van der Waals surface area contributed by atoms with Gasteiger partial charge in [-0.25, -0.2) is 9.37 Å². The van der Waals surface area contributed by atoms with E-state index in [9.17, 15) is 23.6 Å². The van der Waals surface area contributed by atoms with Crippen molar-refractivity contribution < 1.29 is 28.3 Å². The van der Waals surface area contributed by atoms with Gasteiger partial charge in [0.15, 0.2) is 0 Å². The monoisotopic (exact) mass is 419 g/mol. The molecule has 3 amide bonds. The maximum Gasteiger partial charge on any atom is 0.326 e. The van der Waals surface area contributed by atoms with Crippen LogP contribution in [-0.2, 0) is 9.53 Å². The van der Waals surface area contributed by atoms with Gasteiger partial charge >= 0.3 is 5.97 Å². The maximum atomic E-state index is 13.1. The molecule has 0 atom stereocenters. The number of benzene rings is 1. The van der Waals surface area contributed by atoms with Gasteiger partial charge in [-0.3, -0.25) is 24.1 Å². The SMILES string of the molecule is CCOC(=O)CN1C(=O)c2c(Cl)nc(C)c(NC(=O)c3ccc(F)cc3)c2C1=O. The number of pyridine rings is 1. The number of imide groups is 1. The summed E-state index contributed by atoms with van der Waals surface area (Å²) < 4.78 is 17.9. The Kier molecular flexibility index (Phi) is 5.60. The average Bonchev–Trinajstić information content (AvgIpc) is 2.91. The Balaban J connectivity index is 1.99. The third-order valence-electron chi connectivity index (χ3n) is 4.19. The number of carbonyl (C=O) groups excluding carboxylic acids is 4.